The van der Waals surface area contributed by atoms with Gasteiger partial charge in [0.2, 0.25) is 0 Å². The van der Waals surface area contributed by atoms with Crippen LogP contribution in [0.5, 0.6) is 0 Å². The molecule has 2 aromatic rings. The summed E-state index contributed by atoms with van der Waals surface area (Å²) in [6.45, 7) is 8.25. The molecule has 0 amide bonds. The quantitative estimate of drug-likeness (QED) is 0.655. The van der Waals surface area contributed by atoms with Gasteiger partial charge in [0.05, 0.1) is 22.7 Å². The first-order valence-electron chi connectivity index (χ1n) is 6.97. The van der Waals surface area contributed by atoms with Crippen molar-refractivity contribution in [1.29, 1.82) is 0 Å². The van der Waals surface area contributed by atoms with Crippen LogP contribution < -0.4 is 5.43 Å². The van der Waals surface area contributed by atoms with E-state index in [4.69, 9.17) is 4.52 Å². The van der Waals surface area contributed by atoms with E-state index in [1.165, 1.54) is 0 Å². The van der Waals surface area contributed by atoms with Crippen LogP contribution in [0.1, 0.15) is 50.6 Å². The third-order valence-corrected chi connectivity index (χ3v) is 3.14. The minimum absolute atomic E-state index is 0.291. The van der Waals surface area contributed by atoms with Gasteiger partial charge in [-0.15, -0.1) is 0 Å². The molecule has 0 fully saturated rings. The van der Waals surface area contributed by atoms with E-state index in [0.29, 0.717) is 5.92 Å². The van der Waals surface area contributed by atoms with Gasteiger partial charge in [0, 0.05) is 5.92 Å². The smallest absolute Gasteiger partial charge is 0.148 e. The molecule has 20 heavy (non-hydrogen) atoms. The second-order valence-corrected chi connectivity index (χ2v) is 5.05. The third-order valence-electron chi connectivity index (χ3n) is 3.14. The molecule has 0 atom stereocenters. The fourth-order valence-electron chi connectivity index (χ4n) is 2.08. The molecule has 106 valence electrons. The molecule has 2 rings (SSSR count). The highest BCUT2D eigenvalue weighted by atomic mass is 16.5. The van der Waals surface area contributed by atoms with E-state index in [2.05, 4.69) is 36.5 Å². The number of anilines is 1. The molecule has 0 aliphatic heterocycles. The van der Waals surface area contributed by atoms with Crippen molar-refractivity contribution < 1.29 is 4.52 Å². The number of para-hydroxylation sites is 1. The summed E-state index contributed by atoms with van der Waals surface area (Å²) in [5.74, 6) is 1.19. The topological polar surface area (TPSA) is 50.4 Å². The number of nitrogens with one attached hydrogen (secondary N) is 1. The van der Waals surface area contributed by atoms with Crippen LogP contribution in [0.4, 0.5) is 5.69 Å². The standard InChI is InChI=1S/C16H21N3O/c1-5-14-15(16(11(2)3)20-19-14)12(4)17-18-13-9-7-6-8-10-13/h6-11,18H,5H2,1-4H3. The van der Waals surface area contributed by atoms with Crippen LogP contribution in [-0.2, 0) is 6.42 Å². The van der Waals surface area contributed by atoms with Crippen LogP contribution in [0.25, 0.3) is 0 Å². The maximum Gasteiger partial charge on any atom is 0.148 e. The van der Waals surface area contributed by atoms with Gasteiger partial charge in [0.15, 0.2) is 0 Å². The molecule has 0 spiro atoms. The number of aryl methyl sites for hydroxylation is 1. The molecule has 0 bridgehead atoms. The number of benzene rings is 1. The molecule has 4 heteroatoms. The highest BCUT2D eigenvalue weighted by Crippen LogP contribution is 2.24. The summed E-state index contributed by atoms with van der Waals surface area (Å²) in [5, 5.41) is 8.60. The van der Waals surface area contributed by atoms with Gasteiger partial charge in [0.1, 0.15) is 5.76 Å². The van der Waals surface area contributed by atoms with Crippen molar-refractivity contribution in [3.8, 4) is 0 Å². The molecular weight excluding hydrogens is 250 g/mol. The summed E-state index contributed by atoms with van der Waals surface area (Å²) in [6.07, 6.45) is 0.837. The first-order chi connectivity index (χ1) is 9.63. The van der Waals surface area contributed by atoms with Crippen molar-refractivity contribution >= 4 is 11.4 Å². The fraction of sp³-hybridized carbons (Fsp3) is 0.375. The van der Waals surface area contributed by atoms with Gasteiger partial charge in [-0.05, 0) is 25.5 Å². The monoisotopic (exact) mass is 271 g/mol. The SMILES string of the molecule is CCc1noc(C(C)C)c1C(C)=NNc1ccccc1. The lowest BCUT2D eigenvalue weighted by Crippen LogP contribution is -2.05. The normalized spacial score (nSPS) is 11.9. The number of hydrazone groups is 1. The van der Waals surface area contributed by atoms with Crippen molar-refractivity contribution in [2.45, 2.75) is 40.0 Å². The Balaban J connectivity index is 2.28. The molecule has 0 saturated heterocycles. The Morgan fingerprint density at radius 3 is 2.60 bits per heavy atom. The third kappa shape index (κ3) is 3.07. The Hall–Kier alpha value is -2.10. The lowest BCUT2D eigenvalue weighted by molar-refractivity contribution is 0.366. The van der Waals surface area contributed by atoms with Gasteiger partial charge in [-0.25, -0.2) is 0 Å². The van der Waals surface area contributed by atoms with Crippen molar-refractivity contribution in [2.24, 2.45) is 5.10 Å². The van der Waals surface area contributed by atoms with E-state index < -0.39 is 0 Å². The zero-order chi connectivity index (χ0) is 14.5. The maximum atomic E-state index is 5.46. The molecule has 0 aliphatic rings. The molecule has 0 saturated carbocycles. The summed E-state index contributed by atoms with van der Waals surface area (Å²) < 4.78 is 5.46. The second kappa shape index (κ2) is 6.37. The van der Waals surface area contributed by atoms with E-state index >= 15 is 0 Å². The van der Waals surface area contributed by atoms with Crippen molar-refractivity contribution in [1.82, 2.24) is 5.16 Å². The molecule has 0 unspecified atom stereocenters. The van der Waals surface area contributed by atoms with Gasteiger partial charge in [-0.1, -0.05) is 44.1 Å². The second-order valence-electron chi connectivity index (χ2n) is 5.05. The van der Waals surface area contributed by atoms with Crippen molar-refractivity contribution in [2.75, 3.05) is 5.43 Å². The zero-order valence-electron chi connectivity index (χ0n) is 12.5. The highest BCUT2D eigenvalue weighted by Gasteiger charge is 2.19. The summed E-state index contributed by atoms with van der Waals surface area (Å²) >= 11 is 0. The van der Waals surface area contributed by atoms with Crippen molar-refractivity contribution in [3.05, 3.63) is 47.3 Å². The fourth-order valence-corrected chi connectivity index (χ4v) is 2.08. The van der Waals surface area contributed by atoms with E-state index in [0.717, 1.165) is 34.8 Å². The van der Waals surface area contributed by atoms with Gasteiger partial charge >= 0.3 is 0 Å². The summed E-state index contributed by atoms with van der Waals surface area (Å²) in [6, 6.07) is 9.89. The van der Waals surface area contributed by atoms with Gasteiger partial charge in [-0.3, -0.25) is 5.43 Å². The Morgan fingerprint density at radius 1 is 1.30 bits per heavy atom. The number of rotatable bonds is 5. The molecular formula is C16H21N3O. The van der Waals surface area contributed by atoms with E-state index in [-0.39, 0.29) is 0 Å². The predicted octanol–water partition coefficient (Wildman–Crippen LogP) is 4.20. The van der Waals surface area contributed by atoms with Crippen LogP contribution in [0, 0.1) is 0 Å². The van der Waals surface area contributed by atoms with Gasteiger partial charge in [-0.2, -0.15) is 5.10 Å². The van der Waals surface area contributed by atoms with Crippen LogP contribution in [0.2, 0.25) is 0 Å². The number of aromatic nitrogens is 1. The highest BCUT2D eigenvalue weighted by molar-refractivity contribution is 6.01. The average molecular weight is 271 g/mol. The Kier molecular flexibility index (Phi) is 4.56. The summed E-state index contributed by atoms with van der Waals surface area (Å²) in [5.41, 5.74) is 6.93. The van der Waals surface area contributed by atoms with Crippen molar-refractivity contribution in [3.63, 3.8) is 0 Å². The summed E-state index contributed by atoms with van der Waals surface area (Å²) in [7, 11) is 0. The average Bonchev–Trinajstić information content (AvgIpc) is 2.90. The molecule has 4 nitrogen and oxygen atoms in total. The van der Waals surface area contributed by atoms with Crippen LogP contribution in [0.15, 0.2) is 40.0 Å². The Labute approximate surface area is 119 Å². The first-order valence-corrected chi connectivity index (χ1v) is 6.97. The van der Waals surface area contributed by atoms with Gasteiger partial charge in [0.25, 0.3) is 0 Å². The molecule has 1 N–H and O–H groups in total. The van der Waals surface area contributed by atoms with E-state index in [1.54, 1.807) is 0 Å². The van der Waals surface area contributed by atoms with Crippen LogP contribution in [-0.4, -0.2) is 10.9 Å². The molecule has 0 radical (unpaired) electrons. The largest absolute Gasteiger partial charge is 0.360 e. The van der Waals surface area contributed by atoms with Crippen LogP contribution in [0.3, 0.4) is 0 Å². The van der Waals surface area contributed by atoms with E-state index in [9.17, 15) is 0 Å². The molecule has 1 heterocycles. The number of hydrogen-bond donors (Lipinski definition) is 1. The maximum absolute atomic E-state index is 5.46. The molecule has 1 aromatic carbocycles. The summed E-state index contributed by atoms with van der Waals surface area (Å²) in [4.78, 5) is 0. The molecule has 0 aliphatic carbocycles. The number of nitrogens with zero attached hydrogens (tertiary/aromatic N) is 2. The Morgan fingerprint density at radius 2 is 2.00 bits per heavy atom. The number of hydrogen-bond acceptors (Lipinski definition) is 4. The predicted molar refractivity (Wildman–Crippen MR) is 82.2 cm³/mol. The van der Waals surface area contributed by atoms with Crippen LogP contribution >= 0.6 is 0 Å². The minimum atomic E-state index is 0.291. The lowest BCUT2D eigenvalue weighted by atomic mass is 10.0. The minimum Gasteiger partial charge on any atom is -0.360 e. The molecule has 1 aromatic heterocycles. The Bertz CT molecular complexity index is 585. The zero-order valence-corrected chi connectivity index (χ0v) is 12.5. The van der Waals surface area contributed by atoms with E-state index in [1.807, 2.05) is 37.3 Å². The van der Waals surface area contributed by atoms with Gasteiger partial charge < -0.3 is 4.52 Å². The first kappa shape index (κ1) is 14.3. The lowest BCUT2D eigenvalue weighted by Gasteiger charge is -2.06.